The Balaban J connectivity index is 2.59. The van der Waals surface area contributed by atoms with Crippen molar-refractivity contribution in [3.05, 3.63) is 36.7 Å². The van der Waals surface area contributed by atoms with E-state index in [0.717, 1.165) is 17.9 Å². The molecule has 2 atom stereocenters. The molecule has 1 rings (SSSR count). The number of ether oxygens (including phenoxy) is 1. The Labute approximate surface area is 91.0 Å². The Morgan fingerprint density at radius 1 is 1.53 bits per heavy atom. The first-order valence-corrected chi connectivity index (χ1v) is 5.11. The second kappa shape index (κ2) is 5.51. The molecule has 1 heterocycles. The van der Waals surface area contributed by atoms with Crippen molar-refractivity contribution in [3.8, 4) is 5.75 Å². The molecule has 0 amide bonds. The van der Waals surface area contributed by atoms with Crippen LogP contribution >= 0.6 is 0 Å². The van der Waals surface area contributed by atoms with Crippen LogP contribution in [0.5, 0.6) is 5.75 Å². The van der Waals surface area contributed by atoms with Crippen molar-refractivity contribution in [1.29, 1.82) is 0 Å². The van der Waals surface area contributed by atoms with Gasteiger partial charge in [-0.25, -0.2) is 0 Å². The predicted molar refractivity (Wildman–Crippen MR) is 61.9 cm³/mol. The average Bonchev–Trinajstić information content (AvgIpc) is 2.20. The van der Waals surface area contributed by atoms with Crippen LogP contribution in [-0.2, 0) is 6.42 Å². The van der Waals surface area contributed by atoms with Crippen molar-refractivity contribution >= 4 is 0 Å². The lowest BCUT2D eigenvalue weighted by atomic mass is 10.2. The minimum atomic E-state index is 0.00563. The van der Waals surface area contributed by atoms with Gasteiger partial charge in [0, 0.05) is 18.2 Å². The molecule has 2 unspecified atom stereocenters. The highest BCUT2D eigenvalue weighted by Crippen LogP contribution is 2.12. The third-order valence-electron chi connectivity index (χ3n) is 1.98. The molecule has 0 spiro atoms. The van der Waals surface area contributed by atoms with E-state index in [1.54, 1.807) is 12.3 Å². The monoisotopic (exact) mass is 206 g/mol. The summed E-state index contributed by atoms with van der Waals surface area (Å²) >= 11 is 0. The smallest absolute Gasteiger partial charge is 0.138 e. The maximum atomic E-state index is 5.68. The molecule has 15 heavy (non-hydrogen) atoms. The molecule has 0 aliphatic carbocycles. The molecule has 0 aliphatic heterocycles. The lowest BCUT2D eigenvalue weighted by Gasteiger charge is -2.10. The molecule has 82 valence electrons. The fourth-order valence-corrected chi connectivity index (χ4v) is 1.19. The van der Waals surface area contributed by atoms with Gasteiger partial charge in [0.25, 0.3) is 0 Å². The second-order valence-corrected chi connectivity index (χ2v) is 3.73. The summed E-state index contributed by atoms with van der Waals surface area (Å²) in [6.45, 7) is 7.55. The number of nitrogens with zero attached hydrogens (tertiary/aromatic N) is 1. The zero-order chi connectivity index (χ0) is 11.3. The van der Waals surface area contributed by atoms with Gasteiger partial charge >= 0.3 is 0 Å². The minimum Gasteiger partial charge on any atom is -0.485 e. The van der Waals surface area contributed by atoms with Gasteiger partial charge in [-0.05, 0) is 26.0 Å². The van der Waals surface area contributed by atoms with Gasteiger partial charge < -0.3 is 10.5 Å². The van der Waals surface area contributed by atoms with E-state index >= 15 is 0 Å². The van der Waals surface area contributed by atoms with Crippen LogP contribution in [0.4, 0.5) is 0 Å². The van der Waals surface area contributed by atoms with Crippen LogP contribution < -0.4 is 10.5 Å². The first kappa shape index (κ1) is 11.7. The van der Waals surface area contributed by atoms with E-state index in [0.29, 0.717) is 0 Å². The van der Waals surface area contributed by atoms with Gasteiger partial charge in [0.2, 0.25) is 0 Å². The number of nitrogens with two attached hydrogens (primary N) is 1. The molecule has 3 nitrogen and oxygen atoms in total. The lowest BCUT2D eigenvalue weighted by Crippen LogP contribution is -2.18. The van der Waals surface area contributed by atoms with E-state index in [-0.39, 0.29) is 12.1 Å². The largest absolute Gasteiger partial charge is 0.485 e. The molecule has 1 aromatic heterocycles. The first-order valence-electron chi connectivity index (χ1n) is 5.11. The van der Waals surface area contributed by atoms with Crippen LogP contribution in [0.25, 0.3) is 0 Å². The molecule has 0 bridgehead atoms. The van der Waals surface area contributed by atoms with Crippen LogP contribution in [0.1, 0.15) is 19.5 Å². The zero-order valence-electron chi connectivity index (χ0n) is 9.31. The molecule has 0 aromatic carbocycles. The molecular weight excluding hydrogens is 188 g/mol. The third-order valence-corrected chi connectivity index (χ3v) is 1.98. The fourth-order valence-electron chi connectivity index (χ4n) is 1.19. The number of rotatable bonds is 5. The van der Waals surface area contributed by atoms with Gasteiger partial charge in [-0.3, -0.25) is 4.98 Å². The lowest BCUT2D eigenvalue weighted by molar-refractivity contribution is 0.269. The molecule has 0 saturated heterocycles. The summed E-state index contributed by atoms with van der Waals surface area (Å²) in [5, 5.41) is 0. The van der Waals surface area contributed by atoms with E-state index < -0.39 is 0 Å². The number of hydrogen-bond acceptors (Lipinski definition) is 3. The molecule has 1 aromatic rings. The van der Waals surface area contributed by atoms with Crippen molar-refractivity contribution in [2.45, 2.75) is 32.4 Å². The highest BCUT2D eigenvalue weighted by atomic mass is 16.5. The standard InChI is InChI=1S/C12H18N2O/c1-4-10(3)15-12-6-5-11(14-8-12)7-9(2)13/h4-6,8-10H,1,7,13H2,2-3H3. The summed E-state index contributed by atoms with van der Waals surface area (Å²) in [6, 6.07) is 3.98. The minimum absolute atomic E-state index is 0.00563. The number of aromatic nitrogens is 1. The van der Waals surface area contributed by atoms with Gasteiger partial charge in [-0.1, -0.05) is 12.7 Å². The van der Waals surface area contributed by atoms with Crippen LogP contribution in [0.3, 0.4) is 0 Å². The van der Waals surface area contributed by atoms with E-state index in [4.69, 9.17) is 10.5 Å². The van der Waals surface area contributed by atoms with E-state index in [1.165, 1.54) is 0 Å². The summed E-state index contributed by atoms with van der Waals surface area (Å²) in [7, 11) is 0. The summed E-state index contributed by atoms with van der Waals surface area (Å²) in [6.07, 6.45) is 4.26. The van der Waals surface area contributed by atoms with Crippen LogP contribution in [0.15, 0.2) is 31.0 Å². The maximum Gasteiger partial charge on any atom is 0.138 e. The van der Waals surface area contributed by atoms with Crippen molar-refractivity contribution in [3.63, 3.8) is 0 Å². The van der Waals surface area contributed by atoms with Crippen LogP contribution in [-0.4, -0.2) is 17.1 Å². The van der Waals surface area contributed by atoms with Crippen LogP contribution in [0, 0.1) is 0 Å². The van der Waals surface area contributed by atoms with Crippen molar-refractivity contribution in [2.75, 3.05) is 0 Å². The summed E-state index contributed by atoms with van der Waals surface area (Å²) in [5.41, 5.74) is 6.67. The molecule has 0 fully saturated rings. The summed E-state index contributed by atoms with van der Waals surface area (Å²) in [4.78, 5) is 4.27. The van der Waals surface area contributed by atoms with E-state index in [9.17, 15) is 0 Å². The molecule has 2 N–H and O–H groups in total. The fraction of sp³-hybridized carbons (Fsp3) is 0.417. The van der Waals surface area contributed by atoms with Crippen molar-refractivity contribution < 1.29 is 4.74 Å². The predicted octanol–water partition coefficient (Wildman–Crippen LogP) is 1.92. The number of hydrogen-bond donors (Lipinski definition) is 1. The summed E-state index contributed by atoms with van der Waals surface area (Å²) < 4.78 is 5.51. The SMILES string of the molecule is C=CC(C)Oc1ccc(CC(C)N)nc1. The topological polar surface area (TPSA) is 48.1 Å². The third kappa shape index (κ3) is 4.13. The molecule has 3 heteroatoms. The van der Waals surface area contributed by atoms with Crippen molar-refractivity contribution in [2.24, 2.45) is 5.73 Å². The van der Waals surface area contributed by atoms with E-state index in [2.05, 4.69) is 11.6 Å². The Hall–Kier alpha value is -1.35. The van der Waals surface area contributed by atoms with Gasteiger partial charge in [-0.2, -0.15) is 0 Å². The van der Waals surface area contributed by atoms with Gasteiger partial charge in [0.1, 0.15) is 11.9 Å². The Morgan fingerprint density at radius 3 is 2.73 bits per heavy atom. The highest BCUT2D eigenvalue weighted by molar-refractivity contribution is 5.20. The quantitative estimate of drug-likeness (QED) is 0.749. The molecule has 0 radical (unpaired) electrons. The Morgan fingerprint density at radius 2 is 2.27 bits per heavy atom. The van der Waals surface area contributed by atoms with E-state index in [1.807, 2.05) is 26.0 Å². The molecule has 0 aliphatic rings. The average molecular weight is 206 g/mol. The van der Waals surface area contributed by atoms with Gasteiger partial charge in [0.15, 0.2) is 0 Å². The molecule has 0 saturated carbocycles. The maximum absolute atomic E-state index is 5.68. The summed E-state index contributed by atoms with van der Waals surface area (Å²) in [5.74, 6) is 0.760. The van der Waals surface area contributed by atoms with Crippen molar-refractivity contribution in [1.82, 2.24) is 4.98 Å². The normalized spacial score (nSPS) is 14.3. The second-order valence-electron chi connectivity index (χ2n) is 3.73. The Bertz CT molecular complexity index is 306. The highest BCUT2D eigenvalue weighted by Gasteiger charge is 2.02. The van der Waals surface area contributed by atoms with Crippen LogP contribution in [0.2, 0.25) is 0 Å². The zero-order valence-corrected chi connectivity index (χ0v) is 9.31. The first-order chi connectivity index (χ1) is 7.11. The number of pyridine rings is 1. The molecular formula is C12H18N2O. The Kier molecular flexibility index (Phi) is 4.31. The van der Waals surface area contributed by atoms with Gasteiger partial charge in [-0.15, -0.1) is 0 Å². The van der Waals surface area contributed by atoms with Gasteiger partial charge in [0.05, 0.1) is 6.20 Å².